The van der Waals surface area contributed by atoms with Crippen molar-refractivity contribution < 1.29 is 9.59 Å². The van der Waals surface area contributed by atoms with Crippen molar-refractivity contribution in [2.75, 3.05) is 11.9 Å². The zero-order valence-electron chi connectivity index (χ0n) is 12.9. The minimum atomic E-state index is -0.220. The molecule has 1 aromatic carbocycles. The highest BCUT2D eigenvalue weighted by molar-refractivity contribution is 5.94. The number of carbonyl (C=O) groups is 2. The second kappa shape index (κ2) is 6.55. The quantitative estimate of drug-likeness (QED) is 0.888. The van der Waals surface area contributed by atoms with Crippen LogP contribution in [0, 0.1) is 5.92 Å². The Morgan fingerprint density at radius 2 is 1.65 bits per heavy atom. The number of hydrogen-bond donors (Lipinski definition) is 2. The summed E-state index contributed by atoms with van der Waals surface area (Å²) in [6.45, 7) is 10.0. The third-order valence-electron chi connectivity index (χ3n) is 2.98. The van der Waals surface area contributed by atoms with Crippen LogP contribution in [0.25, 0.3) is 0 Å². The fraction of sp³-hybridized carbons (Fsp3) is 0.500. The van der Waals surface area contributed by atoms with Crippen molar-refractivity contribution in [2.45, 2.75) is 40.0 Å². The van der Waals surface area contributed by atoms with Gasteiger partial charge in [-0.25, -0.2) is 0 Å². The SMILES string of the molecule is CC(C)C(=O)NCC(=O)Nc1ccc(C(C)(C)C)cc1. The molecule has 0 aliphatic heterocycles. The van der Waals surface area contributed by atoms with Crippen molar-refractivity contribution in [1.82, 2.24) is 5.32 Å². The first kappa shape index (κ1) is 16.2. The fourth-order valence-electron chi connectivity index (χ4n) is 1.63. The van der Waals surface area contributed by atoms with Crippen molar-refractivity contribution >= 4 is 17.5 Å². The van der Waals surface area contributed by atoms with Gasteiger partial charge >= 0.3 is 0 Å². The second-order valence-electron chi connectivity index (χ2n) is 6.25. The Bertz CT molecular complexity index is 470. The van der Waals surface area contributed by atoms with Crippen LogP contribution in [-0.4, -0.2) is 18.4 Å². The van der Waals surface area contributed by atoms with E-state index in [0.29, 0.717) is 0 Å². The van der Waals surface area contributed by atoms with Crippen molar-refractivity contribution in [3.63, 3.8) is 0 Å². The summed E-state index contributed by atoms with van der Waals surface area (Å²) < 4.78 is 0. The lowest BCUT2D eigenvalue weighted by Gasteiger charge is -2.19. The highest BCUT2D eigenvalue weighted by Crippen LogP contribution is 2.23. The van der Waals surface area contributed by atoms with Crippen LogP contribution in [0.15, 0.2) is 24.3 Å². The zero-order valence-corrected chi connectivity index (χ0v) is 12.9. The summed E-state index contributed by atoms with van der Waals surface area (Å²) in [4.78, 5) is 23.1. The lowest BCUT2D eigenvalue weighted by atomic mass is 9.87. The highest BCUT2D eigenvalue weighted by atomic mass is 16.2. The van der Waals surface area contributed by atoms with E-state index in [4.69, 9.17) is 0 Å². The number of amides is 2. The molecular weight excluding hydrogens is 252 g/mol. The Kier molecular flexibility index (Phi) is 5.31. The van der Waals surface area contributed by atoms with Gasteiger partial charge in [0.05, 0.1) is 6.54 Å². The van der Waals surface area contributed by atoms with Crippen LogP contribution >= 0.6 is 0 Å². The summed E-state index contributed by atoms with van der Waals surface area (Å²) in [6, 6.07) is 7.76. The topological polar surface area (TPSA) is 58.2 Å². The van der Waals surface area contributed by atoms with Gasteiger partial charge in [0, 0.05) is 11.6 Å². The summed E-state index contributed by atoms with van der Waals surface area (Å²) in [5.41, 5.74) is 2.04. The molecule has 1 rings (SSSR count). The van der Waals surface area contributed by atoms with Gasteiger partial charge in [-0.3, -0.25) is 9.59 Å². The molecule has 0 bridgehead atoms. The lowest BCUT2D eigenvalue weighted by molar-refractivity contribution is -0.126. The Hall–Kier alpha value is -1.84. The maximum absolute atomic E-state index is 11.7. The third-order valence-corrected chi connectivity index (χ3v) is 2.98. The summed E-state index contributed by atoms with van der Waals surface area (Å²) in [5.74, 6) is -0.459. The molecule has 0 atom stereocenters. The standard InChI is InChI=1S/C16H24N2O2/c1-11(2)15(20)17-10-14(19)18-13-8-6-12(7-9-13)16(3,4)5/h6-9,11H,10H2,1-5H3,(H,17,20)(H,18,19). The van der Waals surface area contributed by atoms with E-state index in [1.165, 1.54) is 5.56 Å². The van der Waals surface area contributed by atoms with Gasteiger partial charge < -0.3 is 10.6 Å². The molecule has 4 nitrogen and oxygen atoms in total. The van der Waals surface area contributed by atoms with Crippen molar-refractivity contribution in [3.05, 3.63) is 29.8 Å². The second-order valence-corrected chi connectivity index (χ2v) is 6.25. The van der Waals surface area contributed by atoms with Crippen molar-refractivity contribution in [2.24, 2.45) is 5.92 Å². The van der Waals surface area contributed by atoms with E-state index < -0.39 is 0 Å². The first-order valence-electron chi connectivity index (χ1n) is 6.88. The average molecular weight is 276 g/mol. The maximum Gasteiger partial charge on any atom is 0.243 e. The summed E-state index contributed by atoms with van der Waals surface area (Å²) in [5, 5.41) is 5.35. The van der Waals surface area contributed by atoms with Crippen LogP contribution in [-0.2, 0) is 15.0 Å². The van der Waals surface area contributed by atoms with Gasteiger partial charge in [0.25, 0.3) is 0 Å². The molecular formula is C16H24N2O2. The smallest absolute Gasteiger partial charge is 0.243 e. The molecule has 2 amide bonds. The molecule has 0 radical (unpaired) electrons. The Balaban J connectivity index is 2.53. The van der Waals surface area contributed by atoms with Gasteiger partial charge in [-0.1, -0.05) is 46.8 Å². The molecule has 2 N–H and O–H groups in total. The van der Waals surface area contributed by atoms with E-state index in [1.54, 1.807) is 13.8 Å². The predicted octanol–water partition coefficient (Wildman–Crippen LogP) is 2.69. The minimum absolute atomic E-state index is 0.00195. The van der Waals surface area contributed by atoms with Crippen LogP contribution < -0.4 is 10.6 Å². The molecule has 0 saturated heterocycles. The van der Waals surface area contributed by atoms with E-state index in [0.717, 1.165) is 5.69 Å². The normalized spacial score (nSPS) is 11.3. The van der Waals surface area contributed by atoms with Crippen LogP contribution in [0.3, 0.4) is 0 Å². The van der Waals surface area contributed by atoms with Crippen LogP contribution in [0.2, 0.25) is 0 Å². The van der Waals surface area contributed by atoms with Crippen molar-refractivity contribution in [3.8, 4) is 0 Å². The average Bonchev–Trinajstić information content (AvgIpc) is 2.35. The predicted molar refractivity (Wildman–Crippen MR) is 81.6 cm³/mol. The number of benzene rings is 1. The molecule has 0 heterocycles. The highest BCUT2D eigenvalue weighted by Gasteiger charge is 2.13. The summed E-state index contributed by atoms with van der Waals surface area (Å²) in [6.07, 6.45) is 0. The van der Waals surface area contributed by atoms with Gasteiger partial charge in [-0.15, -0.1) is 0 Å². The van der Waals surface area contributed by atoms with Gasteiger partial charge in [-0.2, -0.15) is 0 Å². The molecule has 0 aliphatic rings. The maximum atomic E-state index is 11.7. The Labute approximate surface area is 121 Å². The number of nitrogens with one attached hydrogen (secondary N) is 2. The van der Waals surface area contributed by atoms with Crippen LogP contribution in [0.5, 0.6) is 0 Å². The van der Waals surface area contributed by atoms with E-state index in [1.807, 2.05) is 24.3 Å². The van der Waals surface area contributed by atoms with Gasteiger partial charge in [0.1, 0.15) is 0 Å². The third kappa shape index (κ3) is 5.03. The molecule has 0 unspecified atom stereocenters. The fourth-order valence-corrected chi connectivity index (χ4v) is 1.63. The van der Waals surface area contributed by atoms with E-state index in [9.17, 15) is 9.59 Å². The molecule has 0 spiro atoms. The monoisotopic (exact) mass is 276 g/mol. The zero-order chi connectivity index (χ0) is 15.3. The van der Waals surface area contributed by atoms with Crippen molar-refractivity contribution in [1.29, 1.82) is 0 Å². The molecule has 1 aromatic rings. The number of carbonyl (C=O) groups excluding carboxylic acids is 2. The van der Waals surface area contributed by atoms with Crippen LogP contribution in [0.4, 0.5) is 5.69 Å². The van der Waals surface area contributed by atoms with E-state index in [-0.39, 0.29) is 29.7 Å². The number of hydrogen-bond acceptors (Lipinski definition) is 2. The molecule has 0 saturated carbocycles. The summed E-state index contributed by atoms with van der Waals surface area (Å²) in [7, 11) is 0. The summed E-state index contributed by atoms with van der Waals surface area (Å²) >= 11 is 0. The van der Waals surface area contributed by atoms with Gasteiger partial charge in [0.15, 0.2) is 0 Å². The largest absolute Gasteiger partial charge is 0.347 e. The molecule has 0 aromatic heterocycles. The Morgan fingerprint density at radius 1 is 1.10 bits per heavy atom. The molecule has 0 fully saturated rings. The minimum Gasteiger partial charge on any atom is -0.347 e. The molecule has 20 heavy (non-hydrogen) atoms. The number of anilines is 1. The molecule has 110 valence electrons. The van der Waals surface area contributed by atoms with Crippen LogP contribution in [0.1, 0.15) is 40.2 Å². The molecule has 4 heteroatoms. The number of rotatable bonds is 4. The lowest BCUT2D eigenvalue weighted by Crippen LogP contribution is -2.35. The van der Waals surface area contributed by atoms with Gasteiger partial charge in [0.2, 0.25) is 11.8 Å². The first-order chi connectivity index (χ1) is 9.20. The first-order valence-corrected chi connectivity index (χ1v) is 6.88. The van der Waals surface area contributed by atoms with E-state index in [2.05, 4.69) is 31.4 Å². The molecule has 0 aliphatic carbocycles. The Morgan fingerprint density at radius 3 is 2.10 bits per heavy atom. The van der Waals surface area contributed by atoms with Gasteiger partial charge in [-0.05, 0) is 23.1 Å². The van der Waals surface area contributed by atoms with E-state index >= 15 is 0 Å².